The number of halogens is 1. The standard InChI is InChI=1S/C16H17FO2/c1-19-16-9-5-3-7-13(16)11-14(18)10-12-6-2-4-8-15(12)17/h2-9,14,18H,10-11H2,1H3. The first-order chi connectivity index (χ1) is 9.20. The molecule has 0 spiro atoms. The molecule has 0 bridgehead atoms. The van der Waals surface area contributed by atoms with Crippen molar-refractivity contribution in [2.45, 2.75) is 18.9 Å². The molecule has 0 aliphatic heterocycles. The van der Waals surface area contributed by atoms with Gasteiger partial charge in [0.1, 0.15) is 11.6 Å². The summed E-state index contributed by atoms with van der Waals surface area (Å²) < 4.78 is 18.7. The summed E-state index contributed by atoms with van der Waals surface area (Å²) in [6.45, 7) is 0. The highest BCUT2D eigenvalue weighted by Gasteiger charge is 2.12. The van der Waals surface area contributed by atoms with Crippen molar-refractivity contribution in [3.63, 3.8) is 0 Å². The Kier molecular flexibility index (Phi) is 4.53. The molecule has 0 saturated carbocycles. The second kappa shape index (κ2) is 6.34. The van der Waals surface area contributed by atoms with Gasteiger partial charge in [-0.3, -0.25) is 0 Å². The molecule has 1 N–H and O–H groups in total. The molecule has 0 heterocycles. The second-order valence-corrected chi connectivity index (χ2v) is 4.47. The number of hydrogen-bond acceptors (Lipinski definition) is 2. The van der Waals surface area contributed by atoms with E-state index in [9.17, 15) is 9.50 Å². The fourth-order valence-corrected chi connectivity index (χ4v) is 2.12. The largest absolute Gasteiger partial charge is 0.496 e. The Morgan fingerprint density at radius 3 is 2.26 bits per heavy atom. The minimum absolute atomic E-state index is 0.276. The number of rotatable bonds is 5. The van der Waals surface area contributed by atoms with Crippen LogP contribution in [0.2, 0.25) is 0 Å². The Morgan fingerprint density at radius 2 is 1.58 bits per heavy atom. The van der Waals surface area contributed by atoms with E-state index < -0.39 is 6.10 Å². The molecule has 0 aliphatic carbocycles. The summed E-state index contributed by atoms with van der Waals surface area (Å²) in [5.74, 6) is 0.469. The Hall–Kier alpha value is -1.87. The van der Waals surface area contributed by atoms with Crippen molar-refractivity contribution in [2.75, 3.05) is 7.11 Å². The van der Waals surface area contributed by atoms with Gasteiger partial charge in [-0.05, 0) is 23.3 Å². The van der Waals surface area contributed by atoms with E-state index >= 15 is 0 Å². The summed E-state index contributed by atoms with van der Waals surface area (Å²) in [6, 6.07) is 14.1. The predicted molar refractivity (Wildman–Crippen MR) is 72.8 cm³/mol. The SMILES string of the molecule is COc1ccccc1CC(O)Cc1ccccc1F. The van der Waals surface area contributed by atoms with Gasteiger partial charge in [0.05, 0.1) is 13.2 Å². The van der Waals surface area contributed by atoms with Crippen molar-refractivity contribution < 1.29 is 14.2 Å². The fourth-order valence-electron chi connectivity index (χ4n) is 2.12. The quantitative estimate of drug-likeness (QED) is 0.895. The second-order valence-electron chi connectivity index (χ2n) is 4.47. The molecule has 2 rings (SSSR count). The highest BCUT2D eigenvalue weighted by atomic mass is 19.1. The summed E-state index contributed by atoms with van der Waals surface area (Å²) in [4.78, 5) is 0. The zero-order valence-corrected chi connectivity index (χ0v) is 10.8. The number of aliphatic hydroxyl groups excluding tert-OH is 1. The molecule has 1 atom stereocenters. The molecule has 2 aromatic rings. The Balaban J connectivity index is 2.05. The Morgan fingerprint density at radius 1 is 1.00 bits per heavy atom. The molecule has 0 radical (unpaired) electrons. The van der Waals surface area contributed by atoms with E-state index in [2.05, 4.69) is 0 Å². The van der Waals surface area contributed by atoms with Crippen molar-refractivity contribution in [1.82, 2.24) is 0 Å². The van der Waals surface area contributed by atoms with Gasteiger partial charge in [-0.2, -0.15) is 0 Å². The van der Waals surface area contributed by atoms with Crippen LogP contribution in [0.15, 0.2) is 48.5 Å². The van der Waals surface area contributed by atoms with Crippen LogP contribution < -0.4 is 4.74 Å². The third-order valence-corrected chi connectivity index (χ3v) is 3.06. The smallest absolute Gasteiger partial charge is 0.126 e. The normalized spacial score (nSPS) is 12.2. The van der Waals surface area contributed by atoms with Crippen molar-refractivity contribution in [3.8, 4) is 5.75 Å². The first kappa shape index (κ1) is 13.6. The van der Waals surface area contributed by atoms with Crippen LogP contribution in [0.5, 0.6) is 5.75 Å². The molecule has 19 heavy (non-hydrogen) atoms. The van der Waals surface area contributed by atoms with Crippen molar-refractivity contribution in [2.24, 2.45) is 0 Å². The van der Waals surface area contributed by atoms with Crippen LogP contribution in [0.25, 0.3) is 0 Å². The van der Waals surface area contributed by atoms with Gasteiger partial charge in [-0.25, -0.2) is 4.39 Å². The topological polar surface area (TPSA) is 29.5 Å². The van der Waals surface area contributed by atoms with Gasteiger partial charge in [0, 0.05) is 12.8 Å². The zero-order valence-electron chi connectivity index (χ0n) is 10.8. The molecular weight excluding hydrogens is 243 g/mol. The van der Waals surface area contributed by atoms with Crippen LogP contribution in [0.3, 0.4) is 0 Å². The number of hydrogen-bond donors (Lipinski definition) is 1. The fraction of sp³-hybridized carbons (Fsp3) is 0.250. The van der Waals surface area contributed by atoms with Gasteiger partial charge in [0.25, 0.3) is 0 Å². The predicted octanol–water partition coefficient (Wildman–Crippen LogP) is 2.98. The van der Waals surface area contributed by atoms with Crippen LogP contribution >= 0.6 is 0 Å². The molecule has 0 amide bonds. The summed E-state index contributed by atoms with van der Waals surface area (Å²) in [5, 5.41) is 10.1. The van der Waals surface area contributed by atoms with E-state index in [0.717, 1.165) is 11.3 Å². The minimum atomic E-state index is -0.631. The van der Waals surface area contributed by atoms with E-state index in [1.165, 1.54) is 6.07 Å². The maximum Gasteiger partial charge on any atom is 0.126 e. The van der Waals surface area contributed by atoms with E-state index in [0.29, 0.717) is 18.4 Å². The summed E-state index contributed by atoms with van der Waals surface area (Å²) in [6.07, 6.45) is 0.108. The van der Waals surface area contributed by atoms with E-state index in [1.807, 2.05) is 24.3 Å². The van der Waals surface area contributed by atoms with Crippen LogP contribution in [-0.4, -0.2) is 18.3 Å². The monoisotopic (exact) mass is 260 g/mol. The maximum absolute atomic E-state index is 13.5. The van der Waals surface area contributed by atoms with Gasteiger partial charge in [0.2, 0.25) is 0 Å². The summed E-state index contributed by atoms with van der Waals surface area (Å²) in [7, 11) is 1.60. The molecule has 0 saturated heterocycles. The molecule has 0 aromatic heterocycles. The van der Waals surface area contributed by atoms with Gasteiger partial charge in [-0.1, -0.05) is 36.4 Å². The van der Waals surface area contributed by atoms with Crippen molar-refractivity contribution in [3.05, 3.63) is 65.5 Å². The van der Waals surface area contributed by atoms with Crippen LogP contribution in [0.4, 0.5) is 4.39 Å². The lowest BCUT2D eigenvalue weighted by Crippen LogP contribution is -2.15. The lowest BCUT2D eigenvalue weighted by atomic mass is 10.0. The lowest BCUT2D eigenvalue weighted by molar-refractivity contribution is 0.173. The average Bonchev–Trinajstić information content (AvgIpc) is 2.42. The first-order valence-corrected chi connectivity index (χ1v) is 6.24. The van der Waals surface area contributed by atoms with E-state index in [-0.39, 0.29) is 5.82 Å². The summed E-state index contributed by atoms with van der Waals surface area (Å²) >= 11 is 0. The van der Waals surface area contributed by atoms with E-state index in [1.54, 1.807) is 25.3 Å². The number of para-hydroxylation sites is 1. The number of benzene rings is 2. The van der Waals surface area contributed by atoms with Crippen molar-refractivity contribution >= 4 is 0 Å². The molecule has 1 unspecified atom stereocenters. The number of aliphatic hydroxyl groups is 1. The average molecular weight is 260 g/mol. The highest BCUT2D eigenvalue weighted by molar-refractivity contribution is 5.34. The molecule has 0 fully saturated rings. The van der Waals surface area contributed by atoms with Gasteiger partial charge in [-0.15, -0.1) is 0 Å². The third-order valence-electron chi connectivity index (χ3n) is 3.06. The lowest BCUT2D eigenvalue weighted by Gasteiger charge is -2.13. The van der Waals surface area contributed by atoms with Crippen LogP contribution in [0.1, 0.15) is 11.1 Å². The third kappa shape index (κ3) is 3.55. The highest BCUT2D eigenvalue weighted by Crippen LogP contribution is 2.20. The molecule has 2 aromatic carbocycles. The molecule has 3 heteroatoms. The number of methoxy groups -OCH3 is 1. The van der Waals surface area contributed by atoms with E-state index in [4.69, 9.17) is 4.74 Å². The van der Waals surface area contributed by atoms with Gasteiger partial charge < -0.3 is 9.84 Å². The zero-order chi connectivity index (χ0) is 13.7. The minimum Gasteiger partial charge on any atom is -0.496 e. The van der Waals surface area contributed by atoms with Crippen LogP contribution in [-0.2, 0) is 12.8 Å². The number of ether oxygens (including phenoxy) is 1. The van der Waals surface area contributed by atoms with Crippen LogP contribution in [0, 0.1) is 5.82 Å². The maximum atomic E-state index is 13.5. The molecular formula is C16H17FO2. The molecule has 0 aliphatic rings. The Bertz CT molecular complexity index is 540. The molecule has 100 valence electrons. The molecule has 2 nitrogen and oxygen atoms in total. The Labute approximate surface area is 112 Å². The van der Waals surface area contributed by atoms with Gasteiger partial charge >= 0.3 is 0 Å². The van der Waals surface area contributed by atoms with Crippen molar-refractivity contribution in [1.29, 1.82) is 0 Å². The van der Waals surface area contributed by atoms with Gasteiger partial charge in [0.15, 0.2) is 0 Å². The first-order valence-electron chi connectivity index (χ1n) is 6.24. The summed E-state index contributed by atoms with van der Waals surface area (Å²) in [5.41, 5.74) is 1.46.